The Morgan fingerprint density at radius 1 is 1.40 bits per heavy atom. The van der Waals surface area contributed by atoms with Crippen LogP contribution in [-0.4, -0.2) is 41.9 Å². The largest absolute Gasteiger partial charge is 0.389 e. The lowest BCUT2D eigenvalue weighted by Gasteiger charge is -2.16. The summed E-state index contributed by atoms with van der Waals surface area (Å²) in [6, 6.07) is 7.55. The molecule has 2 rings (SSSR count). The fraction of sp³-hybridized carbons (Fsp3) is 0.600. The Labute approximate surface area is 130 Å². The number of nitrogens with one attached hydrogen (secondary N) is 1. The highest BCUT2D eigenvalue weighted by Gasteiger charge is 2.41. The summed E-state index contributed by atoms with van der Waals surface area (Å²) in [7, 11) is 0. The number of ether oxygens (including phenoxy) is 1. The van der Waals surface area contributed by atoms with E-state index in [0.717, 1.165) is 17.1 Å². The molecule has 0 heterocycles. The van der Waals surface area contributed by atoms with Crippen molar-refractivity contribution in [1.29, 1.82) is 0 Å². The Morgan fingerprint density at radius 2 is 2.10 bits per heavy atom. The first-order chi connectivity index (χ1) is 9.63. The van der Waals surface area contributed by atoms with E-state index in [9.17, 15) is 5.11 Å². The van der Waals surface area contributed by atoms with Crippen molar-refractivity contribution in [1.82, 2.24) is 5.32 Å². The van der Waals surface area contributed by atoms with Crippen LogP contribution in [0.15, 0.2) is 24.3 Å². The van der Waals surface area contributed by atoms with Crippen molar-refractivity contribution in [3.8, 4) is 0 Å². The Kier molecular flexibility index (Phi) is 6.18. The van der Waals surface area contributed by atoms with Crippen molar-refractivity contribution in [2.24, 2.45) is 0 Å². The normalized spacial score (nSPS) is 17.9. The van der Waals surface area contributed by atoms with E-state index in [4.69, 9.17) is 16.3 Å². The number of benzene rings is 1. The highest BCUT2D eigenvalue weighted by molar-refractivity contribution is 8.00. The molecule has 0 aromatic heterocycles. The molecule has 0 amide bonds. The number of hydrogen-bond acceptors (Lipinski definition) is 4. The van der Waals surface area contributed by atoms with Crippen LogP contribution < -0.4 is 5.32 Å². The van der Waals surface area contributed by atoms with E-state index in [1.54, 1.807) is 0 Å². The zero-order valence-electron chi connectivity index (χ0n) is 11.8. The van der Waals surface area contributed by atoms with Gasteiger partial charge in [0.1, 0.15) is 0 Å². The highest BCUT2D eigenvalue weighted by atomic mass is 35.5. The van der Waals surface area contributed by atoms with E-state index in [-0.39, 0.29) is 0 Å². The van der Waals surface area contributed by atoms with Gasteiger partial charge in [-0.3, -0.25) is 0 Å². The minimum Gasteiger partial charge on any atom is -0.389 e. The van der Waals surface area contributed by atoms with Crippen molar-refractivity contribution < 1.29 is 9.84 Å². The molecule has 1 saturated carbocycles. The van der Waals surface area contributed by atoms with Gasteiger partial charge in [-0.15, -0.1) is 0 Å². The van der Waals surface area contributed by atoms with Gasteiger partial charge in [0.15, 0.2) is 0 Å². The molecule has 1 unspecified atom stereocenters. The second kappa shape index (κ2) is 7.66. The summed E-state index contributed by atoms with van der Waals surface area (Å²) in [5.74, 6) is 0. The molecule has 1 atom stereocenters. The lowest BCUT2D eigenvalue weighted by atomic mass is 10.2. The minimum absolute atomic E-state index is 0.349. The molecule has 5 heteroatoms. The highest BCUT2D eigenvalue weighted by Crippen LogP contribution is 2.46. The van der Waals surface area contributed by atoms with E-state index < -0.39 is 6.10 Å². The molecule has 1 fully saturated rings. The quantitative estimate of drug-likeness (QED) is 0.735. The van der Waals surface area contributed by atoms with E-state index in [0.29, 0.717) is 24.5 Å². The lowest BCUT2D eigenvalue weighted by Crippen LogP contribution is -2.35. The lowest BCUT2D eigenvalue weighted by molar-refractivity contribution is 0.0289. The standard InChI is InChI=1S/C15H22ClNO2S/c1-20-15(6-7-15)11-17-8-14(18)10-19-9-12-2-4-13(16)5-3-12/h2-5,14,17-18H,6-11H2,1H3. The first kappa shape index (κ1) is 16.1. The van der Waals surface area contributed by atoms with Crippen molar-refractivity contribution >= 4 is 23.4 Å². The van der Waals surface area contributed by atoms with Crippen LogP contribution in [0.3, 0.4) is 0 Å². The Balaban J connectivity index is 1.56. The maximum atomic E-state index is 9.85. The second-order valence-corrected chi connectivity index (χ2v) is 7.02. The molecular weight excluding hydrogens is 294 g/mol. The first-order valence-corrected chi connectivity index (χ1v) is 8.50. The van der Waals surface area contributed by atoms with Gasteiger partial charge in [0.05, 0.1) is 19.3 Å². The molecule has 0 radical (unpaired) electrons. The van der Waals surface area contributed by atoms with Crippen LogP contribution >= 0.6 is 23.4 Å². The maximum Gasteiger partial charge on any atom is 0.0897 e. The second-order valence-electron chi connectivity index (χ2n) is 5.31. The molecule has 1 aromatic carbocycles. The SMILES string of the molecule is CSC1(CNCC(O)COCc2ccc(Cl)cc2)CC1. The molecule has 1 aliphatic carbocycles. The van der Waals surface area contributed by atoms with Gasteiger partial charge in [-0.1, -0.05) is 23.7 Å². The minimum atomic E-state index is -0.458. The number of thioether (sulfide) groups is 1. The van der Waals surface area contributed by atoms with E-state index in [1.165, 1.54) is 12.8 Å². The predicted octanol–water partition coefficient (Wildman–Crippen LogP) is 2.70. The van der Waals surface area contributed by atoms with Crippen LogP contribution in [0.5, 0.6) is 0 Å². The zero-order valence-corrected chi connectivity index (χ0v) is 13.3. The summed E-state index contributed by atoms with van der Waals surface area (Å²) < 4.78 is 5.94. The number of hydrogen-bond donors (Lipinski definition) is 2. The number of aliphatic hydroxyl groups excluding tert-OH is 1. The van der Waals surface area contributed by atoms with Crippen LogP contribution in [0.4, 0.5) is 0 Å². The number of halogens is 1. The van der Waals surface area contributed by atoms with Crippen LogP contribution in [0, 0.1) is 0 Å². The first-order valence-electron chi connectivity index (χ1n) is 6.90. The molecule has 1 aromatic rings. The summed E-state index contributed by atoms with van der Waals surface area (Å²) in [4.78, 5) is 0. The predicted molar refractivity (Wildman–Crippen MR) is 85.5 cm³/mol. The summed E-state index contributed by atoms with van der Waals surface area (Å²) in [5, 5.41) is 13.9. The molecule has 1 aliphatic rings. The van der Waals surface area contributed by atoms with Gasteiger partial charge in [0.25, 0.3) is 0 Å². The Hall–Kier alpha value is -0.260. The molecule has 112 valence electrons. The molecular formula is C15H22ClNO2S. The van der Waals surface area contributed by atoms with Crippen LogP contribution in [0.1, 0.15) is 18.4 Å². The fourth-order valence-electron chi connectivity index (χ4n) is 2.01. The molecule has 3 nitrogen and oxygen atoms in total. The van der Waals surface area contributed by atoms with Crippen LogP contribution in [0.2, 0.25) is 5.02 Å². The third kappa shape index (κ3) is 5.26. The third-order valence-corrected chi connectivity index (χ3v) is 5.23. The van der Waals surface area contributed by atoms with Gasteiger partial charge in [0, 0.05) is 22.9 Å². The average molecular weight is 316 g/mol. The molecule has 0 aliphatic heterocycles. The molecule has 2 N–H and O–H groups in total. The third-order valence-electron chi connectivity index (χ3n) is 3.56. The van der Waals surface area contributed by atoms with E-state index >= 15 is 0 Å². The van der Waals surface area contributed by atoms with Crippen LogP contribution in [0.25, 0.3) is 0 Å². The van der Waals surface area contributed by atoms with Gasteiger partial charge in [-0.05, 0) is 36.8 Å². The zero-order chi connectivity index (χ0) is 14.4. The van der Waals surface area contributed by atoms with Crippen molar-refractivity contribution in [2.75, 3.05) is 26.0 Å². The van der Waals surface area contributed by atoms with Gasteiger partial charge < -0.3 is 15.2 Å². The smallest absolute Gasteiger partial charge is 0.0897 e. The molecule has 0 spiro atoms. The summed E-state index contributed by atoms with van der Waals surface area (Å²) in [5.41, 5.74) is 1.06. The topological polar surface area (TPSA) is 41.5 Å². The van der Waals surface area contributed by atoms with E-state index in [2.05, 4.69) is 11.6 Å². The average Bonchev–Trinajstić information content (AvgIpc) is 3.22. The number of rotatable bonds is 9. The van der Waals surface area contributed by atoms with Gasteiger partial charge >= 0.3 is 0 Å². The Morgan fingerprint density at radius 3 is 2.70 bits per heavy atom. The summed E-state index contributed by atoms with van der Waals surface area (Å²) in [6.07, 6.45) is 4.26. The summed E-state index contributed by atoms with van der Waals surface area (Å²) >= 11 is 7.74. The molecule has 0 saturated heterocycles. The van der Waals surface area contributed by atoms with Crippen molar-refractivity contribution in [2.45, 2.75) is 30.3 Å². The van der Waals surface area contributed by atoms with Crippen molar-refractivity contribution in [3.05, 3.63) is 34.9 Å². The number of aliphatic hydroxyl groups is 1. The summed E-state index contributed by atoms with van der Waals surface area (Å²) in [6.45, 7) is 2.41. The maximum absolute atomic E-state index is 9.85. The monoisotopic (exact) mass is 315 g/mol. The Bertz CT molecular complexity index is 409. The molecule has 0 bridgehead atoms. The van der Waals surface area contributed by atoms with Gasteiger partial charge in [-0.25, -0.2) is 0 Å². The van der Waals surface area contributed by atoms with Crippen LogP contribution in [-0.2, 0) is 11.3 Å². The molecule has 20 heavy (non-hydrogen) atoms. The van der Waals surface area contributed by atoms with Gasteiger partial charge in [0.2, 0.25) is 0 Å². The van der Waals surface area contributed by atoms with E-state index in [1.807, 2.05) is 36.0 Å². The van der Waals surface area contributed by atoms with Gasteiger partial charge in [-0.2, -0.15) is 11.8 Å². The fourth-order valence-corrected chi connectivity index (χ4v) is 2.89. The van der Waals surface area contributed by atoms with Crippen molar-refractivity contribution in [3.63, 3.8) is 0 Å².